The van der Waals surface area contributed by atoms with Gasteiger partial charge in [-0.3, -0.25) is 14.8 Å². The van der Waals surface area contributed by atoms with Crippen LogP contribution in [0.25, 0.3) is 0 Å². The summed E-state index contributed by atoms with van der Waals surface area (Å²) in [6.07, 6.45) is 5.84. The lowest BCUT2D eigenvalue weighted by atomic mass is 10.0. The van der Waals surface area contributed by atoms with E-state index in [4.69, 9.17) is 0 Å². The molecule has 0 aliphatic rings. The summed E-state index contributed by atoms with van der Waals surface area (Å²) in [4.78, 5) is 20.2. The molecule has 2 aromatic rings. The van der Waals surface area contributed by atoms with Crippen molar-refractivity contribution in [1.29, 1.82) is 0 Å². The summed E-state index contributed by atoms with van der Waals surface area (Å²) in [6.45, 7) is 3.99. The van der Waals surface area contributed by atoms with E-state index in [-0.39, 0.29) is 11.9 Å². The highest BCUT2D eigenvalue weighted by molar-refractivity contribution is 5.94. The van der Waals surface area contributed by atoms with Crippen LogP contribution < -0.4 is 5.32 Å². The van der Waals surface area contributed by atoms with Gasteiger partial charge in [0.2, 0.25) is 0 Å². The maximum atomic E-state index is 12.1. The molecular formula is C15H17N3O. The molecule has 1 amide bonds. The van der Waals surface area contributed by atoms with Crippen molar-refractivity contribution in [3.05, 3.63) is 59.7 Å². The van der Waals surface area contributed by atoms with E-state index in [1.807, 2.05) is 26.0 Å². The summed E-state index contributed by atoms with van der Waals surface area (Å²) < 4.78 is 0. The zero-order valence-electron chi connectivity index (χ0n) is 11.1. The molecule has 98 valence electrons. The lowest BCUT2D eigenvalue weighted by molar-refractivity contribution is 0.0935. The van der Waals surface area contributed by atoms with Crippen LogP contribution in [0.3, 0.4) is 0 Å². The van der Waals surface area contributed by atoms with Gasteiger partial charge in [-0.1, -0.05) is 6.92 Å². The fourth-order valence-electron chi connectivity index (χ4n) is 1.95. The molecular weight excluding hydrogens is 238 g/mol. The largest absolute Gasteiger partial charge is 0.345 e. The van der Waals surface area contributed by atoms with E-state index < -0.39 is 0 Å². The zero-order valence-corrected chi connectivity index (χ0v) is 11.1. The summed E-state index contributed by atoms with van der Waals surface area (Å²) in [6, 6.07) is 7.36. The summed E-state index contributed by atoms with van der Waals surface area (Å²) in [5, 5.41) is 3.03. The molecule has 0 spiro atoms. The van der Waals surface area contributed by atoms with Gasteiger partial charge in [0.05, 0.1) is 6.04 Å². The van der Waals surface area contributed by atoms with E-state index in [2.05, 4.69) is 15.3 Å². The number of aromatic nitrogens is 2. The third-order valence-electron chi connectivity index (χ3n) is 2.98. The number of nitrogens with one attached hydrogen (secondary N) is 1. The van der Waals surface area contributed by atoms with Crippen LogP contribution in [-0.4, -0.2) is 15.9 Å². The van der Waals surface area contributed by atoms with Gasteiger partial charge in [-0.2, -0.15) is 0 Å². The lowest BCUT2D eigenvalue weighted by Gasteiger charge is -2.17. The van der Waals surface area contributed by atoms with Crippen LogP contribution in [-0.2, 0) is 0 Å². The highest BCUT2D eigenvalue weighted by Gasteiger charge is 2.14. The van der Waals surface area contributed by atoms with Gasteiger partial charge in [0.25, 0.3) is 5.91 Å². The third kappa shape index (κ3) is 3.37. The number of hydrogen-bond acceptors (Lipinski definition) is 3. The molecule has 2 rings (SSSR count). The molecule has 0 saturated carbocycles. The van der Waals surface area contributed by atoms with E-state index in [0.29, 0.717) is 5.56 Å². The minimum Gasteiger partial charge on any atom is -0.345 e. The van der Waals surface area contributed by atoms with E-state index in [0.717, 1.165) is 17.7 Å². The highest BCUT2D eigenvalue weighted by Crippen LogP contribution is 2.17. The molecule has 1 N–H and O–H groups in total. The van der Waals surface area contributed by atoms with Crippen LogP contribution in [0.5, 0.6) is 0 Å². The van der Waals surface area contributed by atoms with Gasteiger partial charge in [0.1, 0.15) is 0 Å². The smallest absolute Gasteiger partial charge is 0.251 e. The van der Waals surface area contributed by atoms with Crippen molar-refractivity contribution < 1.29 is 4.79 Å². The van der Waals surface area contributed by atoms with Crippen molar-refractivity contribution in [3.8, 4) is 0 Å². The summed E-state index contributed by atoms with van der Waals surface area (Å²) >= 11 is 0. The average Bonchev–Trinajstić information content (AvgIpc) is 2.45. The Morgan fingerprint density at radius 2 is 2.00 bits per heavy atom. The zero-order chi connectivity index (χ0) is 13.7. The third-order valence-corrected chi connectivity index (χ3v) is 2.98. The lowest BCUT2D eigenvalue weighted by Crippen LogP contribution is -2.28. The van der Waals surface area contributed by atoms with Gasteiger partial charge in [-0.05, 0) is 43.2 Å². The van der Waals surface area contributed by atoms with Gasteiger partial charge in [0, 0.05) is 29.8 Å². The summed E-state index contributed by atoms with van der Waals surface area (Å²) in [5.41, 5.74) is 2.66. The monoisotopic (exact) mass is 255 g/mol. The number of pyridine rings is 2. The molecule has 2 heterocycles. The Bertz CT molecular complexity index is 554. The Balaban J connectivity index is 2.14. The number of aryl methyl sites for hydroxylation is 1. The maximum absolute atomic E-state index is 12.1. The molecule has 2 aromatic heterocycles. The van der Waals surface area contributed by atoms with Crippen molar-refractivity contribution in [1.82, 2.24) is 15.3 Å². The van der Waals surface area contributed by atoms with E-state index in [1.165, 1.54) is 0 Å². The highest BCUT2D eigenvalue weighted by atomic mass is 16.1. The SMILES string of the molecule is CC[C@H](NC(=O)c1ccncc1)c1ccnc(C)c1. The molecule has 0 unspecified atom stereocenters. The van der Waals surface area contributed by atoms with Crippen molar-refractivity contribution in [2.75, 3.05) is 0 Å². The Morgan fingerprint density at radius 3 is 2.63 bits per heavy atom. The second-order valence-corrected chi connectivity index (χ2v) is 4.40. The molecule has 0 bridgehead atoms. The number of carbonyl (C=O) groups is 1. The second kappa shape index (κ2) is 6.09. The average molecular weight is 255 g/mol. The standard InChI is InChI=1S/C15H17N3O/c1-3-14(13-6-9-17-11(2)10-13)18-15(19)12-4-7-16-8-5-12/h4-10,14H,3H2,1-2H3,(H,18,19)/t14-/m0/s1. The minimum absolute atomic E-state index is 0.00219. The second-order valence-electron chi connectivity index (χ2n) is 4.40. The molecule has 0 fully saturated rings. The van der Waals surface area contributed by atoms with Crippen LogP contribution in [0.2, 0.25) is 0 Å². The Morgan fingerprint density at radius 1 is 1.26 bits per heavy atom. The van der Waals surface area contributed by atoms with Crippen LogP contribution in [0.1, 0.15) is 41.0 Å². The number of rotatable bonds is 4. The van der Waals surface area contributed by atoms with Gasteiger partial charge < -0.3 is 5.32 Å². The van der Waals surface area contributed by atoms with E-state index >= 15 is 0 Å². The van der Waals surface area contributed by atoms with Crippen molar-refractivity contribution in [2.45, 2.75) is 26.3 Å². The Kier molecular flexibility index (Phi) is 4.23. The molecule has 0 aromatic carbocycles. The molecule has 19 heavy (non-hydrogen) atoms. The van der Waals surface area contributed by atoms with Crippen molar-refractivity contribution >= 4 is 5.91 Å². The minimum atomic E-state index is -0.0799. The van der Waals surface area contributed by atoms with Crippen molar-refractivity contribution in [2.24, 2.45) is 0 Å². The number of hydrogen-bond donors (Lipinski definition) is 1. The quantitative estimate of drug-likeness (QED) is 0.913. The maximum Gasteiger partial charge on any atom is 0.251 e. The molecule has 4 nitrogen and oxygen atoms in total. The summed E-state index contributed by atoms with van der Waals surface area (Å²) in [5.74, 6) is -0.0799. The van der Waals surface area contributed by atoms with Gasteiger partial charge in [-0.15, -0.1) is 0 Å². The summed E-state index contributed by atoms with van der Waals surface area (Å²) in [7, 11) is 0. The first-order chi connectivity index (χ1) is 9.20. The topological polar surface area (TPSA) is 54.9 Å². The normalized spacial score (nSPS) is 11.9. The molecule has 0 radical (unpaired) electrons. The van der Waals surface area contributed by atoms with Crippen molar-refractivity contribution in [3.63, 3.8) is 0 Å². The van der Waals surface area contributed by atoms with Gasteiger partial charge in [0.15, 0.2) is 0 Å². The van der Waals surface area contributed by atoms with Crippen LogP contribution in [0.4, 0.5) is 0 Å². The Hall–Kier alpha value is -2.23. The molecule has 0 aliphatic heterocycles. The molecule has 1 atom stereocenters. The van der Waals surface area contributed by atoms with Crippen LogP contribution in [0, 0.1) is 6.92 Å². The number of carbonyl (C=O) groups excluding carboxylic acids is 1. The first kappa shape index (κ1) is 13.2. The van der Waals surface area contributed by atoms with Crippen LogP contribution in [0.15, 0.2) is 42.9 Å². The predicted octanol–water partition coefficient (Wildman–Crippen LogP) is 2.67. The van der Waals surface area contributed by atoms with Crippen LogP contribution >= 0.6 is 0 Å². The number of nitrogens with zero attached hydrogens (tertiary/aromatic N) is 2. The fraction of sp³-hybridized carbons (Fsp3) is 0.267. The van der Waals surface area contributed by atoms with E-state index in [9.17, 15) is 4.79 Å². The Labute approximate surface area is 112 Å². The van der Waals surface area contributed by atoms with Gasteiger partial charge >= 0.3 is 0 Å². The molecule has 0 saturated heterocycles. The fourth-order valence-corrected chi connectivity index (χ4v) is 1.95. The van der Waals surface area contributed by atoms with Gasteiger partial charge in [-0.25, -0.2) is 0 Å². The molecule has 0 aliphatic carbocycles. The first-order valence-corrected chi connectivity index (χ1v) is 6.34. The first-order valence-electron chi connectivity index (χ1n) is 6.34. The number of amides is 1. The predicted molar refractivity (Wildman–Crippen MR) is 73.7 cm³/mol. The van der Waals surface area contributed by atoms with E-state index in [1.54, 1.807) is 30.7 Å². The molecule has 4 heteroatoms.